The zero-order valence-electron chi connectivity index (χ0n) is 13.3. The summed E-state index contributed by atoms with van der Waals surface area (Å²) in [6.07, 6.45) is 13.7. The van der Waals surface area contributed by atoms with Gasteiger partial charge in [-0.3, -0.25) is 0 Å². The molecule has 0 unspecified atom stereocenters. The lowest BCUT2D eigenvalue weighted by Crippen LogP contribution is -2.37. The number of unbranched alkanes of at least 4 members (excludes halogenated alkanes) is 7. The number of hydrogen-bond donors (Lipinski definition) is 1. The summed E-state index contributed by atoms with van der Waals surface area (Å²) in [5, 5.41) is 3.65. The summed E-state index contributed by atoms with van der Waals surface area (Å²) in [4.78, 5) is 0. The predicted octanol–water partition coefficient (Wildman–Crippen LogP) is 4.53. The Hall–Kier alpha value is -0.0800. The number of hydrogen-bond acceptors (Lipinski definition) is 2. The molecule has 0 spiro atoms. The van der Waals surface area contributed by atoms with Crippen molar-refractivity contribution in [3.63, 3.8) is 0 Å². The van der Waals surface area contributed by atoms with E-state index in [1.165, 1.54) is 77.3 Å². The average Bonchev–Trinajstić information content (AvgIpc) is 2.42. The molecule has 114 valence electrons. The summed E-state index contributed by atoms with van der Waals surface area (Å²) in [7, 11) is 0. The van der Waals surface area contributed by atoms with Crippen LogP contribution < -0.4 is 5.32 Å². The summed E-state index contributed by atoms with van der Waals surface area (Å²) in [6, 6.07) is 0. The van der Waals surface area contributed by atoms with Gasteiger partial charge in [-0.1, -0.05) is 58.8 Å². The normalized spacial score (nSPS) is 18.6. The molecule has 0 aromatic rings. The largest absolute Gasteiger partial charge is 0.381 e. The van der Waals surface area contributed by atoms with Gasteiger partial charge in [0.15, 0.2) is 0 Å². The molecule has 0 aliphatic carbocycles. The van der Waals surface area contributed by atoms with Gasteiger partial charge in [-0.2, -0.15) is 0 Å². The van der Waals surface area contributed by atoms with E-state index in [4.69, 9.17) is 4.74 Å². The standard InChI is InChI=1S/C17H35NO/c1-3-4-5-6-7-8-9-10-13-18-16-17(2)11-14-19-15-12-17/h18H,3-16H2,1-2H3. The Morgan fingerprint density at radius 2 is 1.47 bits per heavy atom. The van der Waals surface area contributed by atoms with Crippen molar-refractivity contribution in [1.82, 2.24) is 5.32 Å². The molecule has 0 aromatic carbocycles. The van der Waals surface area contributed by atoms with Crippen LogP contribution >= 0.6 is 0 Å². The van der Waals surface area contributed by atoms with Gasteiger partial charge < -0.3 is 10.1 Å². The van der Waals surface area contributed by atoms with Gasteiger partial charge >= 0.3 is 0 Å². The quantitative estimate of drug-likeness (QED) is 0.556. The van der Waals surface area contributed by atoms with Crippen molar-refractivity contribution in [2.45, 2.75) is 78.1 Å². The van der Waals surface area contributed by atoms with E-state index in [2.05, 4.69) is 19.2 Å². The molecule has 0 bridgehead atoms. The molecule has 0 atom stereocenters. The van der Waals surface area contributed by atoms with Crippen molar-refractivity contribution in [3.05, 3.63) is 0 Å². The van der Waals surface area contributed by atoms with Crippen LogP contribution in [0.5, 0.6) is 0 Å². The fourth-order valence-corrected chi connectivity index (χ4v) is 2.82. The van der Waals surface area contributed by atoms with Crippen LogP contribution in [0.4, 0.5) is 0 Å². The molecule has 1 aliphatic rings. The fraction of sp³-hybridized carbons (Fsp3) is 1.00. The highest BCUT2D eigenvalue weighted by molar-refractivity contribution is 4.79. The first-order chi connectivity index (χ1) is 9.27. The highest BCUT2D eigenvalue weighted by Gasteiger charge is 2.26. The Bertz CT molecular complexity index is 199. The van der Waals surface area contributed by atoms with Crippen molar-refractivity contribution in [2.75, 3.05) is 26.3 Å². The van der Waals surface area contributed by atoms with Crippen molar-refractivity contribution >= 4 is 0 Å². The molecule has 1 saturated heterocycles. The van der Waals surface area contributed by atoms with E-state index in [-0.39, 0.29) is 0 Å². The molecule has 1 rings (SSSR count). The van der Waals surface area contributed by atoms with Crippen molar-refractivity contribution in [3.8, 4) is 0 Å². The Morgan fingerprint density at radius 3 is 2.11 bits per heavy atom. The maximum Gasteiger partial charge on any atom is 0.0471 e. The highest BCUT2D eigenvalue weighted by Crippen LogP contribution is 2.28. The van der Waals surface area contributed by atoms with Gasteiger partial charge in [-0.05, 0) is 31.2 Å². The van der Waals surface area contributed by atoms with Crippen LogP contribution in [0, 0.1) is 5.41 Å². The lowest BCUT2D eigenvalue weighted by Gasteiger charge is -2.33. The molecule has 0 radical (unpaired) electrons. The van der Waals surface area contributed by atoms with E-state index in [1.807, 2.05) is 0 Å². The van der Waals surface area contributed by atoms with Gasteiger partial charge in [0.2, 0.25) is 0 Å². The predicted molar refractivity (Wildman–Crippen MR) is 83.6 cm³/mol. The smallest absolute Gasteiger partial charge is 0.0471 e. The average molecular weight is 269 g/mol. The summed E-state index contributed by atoms with van der Waals surface area (Å²) in [5.41, 5.74) is 0.485. The van der Waals surface area contributed by atoms with Crippen LogP contribution in [-0.2, 0) is 4.74 Å². The van der Waals surface area contributed by atoms with E-state index >= 15 is 0 Å². The van der Waals surface area contributed by atoms with Crippen molar-refractivity contribution < 1.29 is 4.74 Å². The minimum absolute atomic E-state index is 0.485. The highest BCUT2D eigenvalue weighted by atomic mass is 16.5. The Labute approximate surface area is 120 Å². The Morgan fingerprint density at radius 1 is 0.895 bits per heavy atom. The van der Waals surface area contributed by atoms with E-state index < -0.39 is 0 Å². The first-order valence-electron chi connectivity index (χ1n) is 8.55. The third-order valence-corrected chi connectivity index (χ3v) is 4.46. The number of rotatable bonds is 11. The first-order valence-corrected chi connectivity index (χ1v) is 8.55. The number of nitrogens with one attached hydrogen (secondary N) is 1. The van der Waals surface area contributed by atoms with Gasteiger partial charge in [-0.25, -0.2) is 0 Å². The molecule has 1 aliphatic heterocycles. The third kappa shape index (κ3) is 8.65. The van der Waals surface area contributed by atoms with Crippen molar-refractivity contribution in [1.29, 1.82) is 0 Å². The summed E-state index contributed by atoms with van der Waals surface area (Å²) in [5.74, 6) is 0. The second-order valence-electron chi connectivity index (χ2n) is 6.57. The minimum Gasteiger partial charge on any atom is -0.381 e. The molecule has 0 saturated carbocycles. The molecule has 1 N–H and O–H groups in total. The first kappa shape index (κ1) is 17.0. The van der Waals surface area contributed by atoms with Gasteiger partial charge in [0, 0.05) is 19.8 Å². The van der Waals surface area contributed by atoms with Crippen LogP contribution in [0.1, 0.15) is 78.1 Å². The molecule has 0 aromatic heterocycles. The lowest BCUT2D eigenvalue weighted by atomic mass is 9.82. The topological polar surface area (TPSA) is 21.3 Å². The minimum atomic E-state index is 0.485. The molecule has 0 amide bonds. The SMILES string of the molecule is CCCCCCCCCCNCC1(C)CCOCC1. The van der Waals surface area contributed by atoms with Crippen LogP contribution in [-0.4, -0.2) is 26.3 Å². The van der Waals surface area contributed by atoms with Crippen LogP contribution in [0.3, 0.4) is 0 Å². The maximum atomic E-state index is 5.44. The molecule has 1 heterocycles. The van der Waals surface area contributed by atoms with E-state index in [1.54, 1.807) is 0 Å². The number of ether oxygens (including phenoxy) is 1. The monoisotopic (exact) mass is 269 g/mol. The zero-order chi connectivity index (χ0) is 13.8. The Balaban J connectivity index is 1.83. The molecular weight excluding hydrogens is 234 g/mol. The summed E-state index contributed by atoms with van der Waals surface area (Å²) < 4.78 is 5.44. The van der Waals surface area contributed by atoms with Crippen LogP contribution in [0.15, 0.2) is 0 Å². The summed E-state index contributed by atoms with van der Waals surface area (Å²) in [6.45, 7) is 8.96. The molecule has 2 nitrogen and oxygen atoms in total. The summed E-state index contributed by atoms with van der Waals surface area (Å²) >= 11 is 0. The fourth-order valence-electron chi connectivity index (χ4n) is 2.82. The lowest BCUT2D eigenvalue weighted by molar-refractivity contribution is 0.0242. The molecule has 19 heavy (non-hydrogen) atoms. The van der Waals surface area contributed by atoms with E-state index in [9.17, 15) is 0 Å². The van der Waals surface area contributed by atoms with Gasteiger partial charge in [-0.15, -0.1) is 0 Å². The molecular formula is C17H35NO. The second kappa shape index (κ2) is 10.7. The zero-order valence-corrected chi connectivity index (χ0v) is 13.3. The van der Waals surface area contributed by atoms with Gasteiger partial charge in [0.25, 0.3) is 0 Å². The van der Waals surface area contributed by atoms with Crippen LogP contribution in [0.25, 0.3) is 0 Å². The van der Waals surface area contributed by atoms with Gasteiger partial charge in [0.05, 0.1) is 0 Å². The van der Waals surface area contributed by atoms with Crippen molar-refractivity contribution in [2.24, 2.45) is 5.41 Å². The van der Waals surface area contributed by atoms with E-state index in [0.717, 1.165) is 13.2 Å². The van der Waals surface area contributed by atoms with E-state index in [0.29, 0.717) is 5.41 Å². The maximum absolute atomic E-state index is 5.44. The Kier molecular flexibility index (Phi) is 9.54. The van der Waals surface area contributed by atoms with Crippen LogP contribution in [0.2, 0.25) is 0 Å². The van der Waals surface area contributed by atoms with Gasteiger partial charge in [0.1, 0.15) is 0 Å². The molecule has 2 heteroatoms. The second-order valence-corrected chi connectivity index (χ2v) is 6.57. The third-order valence-electron chi connectivity index (χ3n) is 4.46. The molecule has 1 fully saturated rings.